The van der Waals surface area contributed by atoms with Crippen LogP contribution in [0.1, 0.15) is 23.7 Å². The molecule has 4 aromatic rings. The summed E-state index contributed by atoms with van der Waals surface area (Å²) >= 11 is 0. The molecule has 0 saturated carbocycles. The van der Waals surface area contributed by atoms with E-state index in [0.717, 1.165) is 16.9 Å². The summed E-state index contributed by atoms with van der Waals surface area (Å²) in [5.41, 5.74) is 4.56. The molecule has 0 spiro atoms. The molecule has 0 saturated heterocycles. The number of anilines is 1. The minimum Gasteiger partial charge on any atom is -0.324 e. The highest BCUT2D eigenvalue weighted by Crippen LogP contribution is 2.29. The Kier molecular flexibility index (Phi) is 4.39. The first-order valence-electron chi connectivity index (χ1n) is 9.70. The minimum absolute atomic E-state index is 0.221. The Morgan fingerprint density at radius 1 is 1.13 bits per heavy atom. The van der Waals surface area contributed by atoms with Crippen LogP contribution in [-0.2, 0) is 11.2 Å². The number of aromatic nitrogens is 5. The molecule has 150 valence electrons. The lowest BCUT2D eigenvalue weighted by atomic mass is 10.1. The first-order valence-corrected chi connectivity index (χ1v) is 9.70. The number of nitrogens with zero attached hydrogens (tertiary/aromatic N) is 5. The average Bonchev–Trinajstić information content (AvgIpc) is 3.36. The number of aryl methyl sites for hydroxylation is 1. The molecule has 0 aliphatic carbocycles. The zero-order valence-electron chi connectivity index (χ0n) is 16.3. The van der Waals surface area contributed by atoms with Gasteiger partial charge in [-0.3, -0.25) is 4.79 Å². The number of carbonyl (C=O) groups is 1. The van der Waals surface area contributed by atoms with Crippen molar-refractivity contribution in [2.75, 3.05) is 5.32 Å². The number of halogens is 1. The Balaban J connectivity index is 1.38. The van der Waals surface area contributed by atoms with E-state index in [4.69, 9.17) is 0 Å². The van der Waals surface area contributed by atoms with Crippen LogP contribution in [-0.4, -0.2) is 30.5 Å². The molecule has 3 heterocycles. The second-order valence-electron chi connectivity index (χ2n) is 7.36. The molecule has 1 aliphatic rings. The molecule has 30 heavy (non-hydrogen) atoms. The van der Waals surface area contributed by atoms with E-state index in [-0.39, 0.29) is 11.7 Å². The molecule has 1 amide bonds. The van der Waals surface area contributed by atoms with Crippen LogP contribution in [0.25, 0.3) is 16.9 Å². The van der Waals surface area contributed by atoms with Crippen LogP contribution >= 0.6 is 0 Å². The fourth-order valence-electron chi connectivity index (χ4n) is 3.74. The SMILES string of the molecule is Cc1cn(-c2ccc(-c3cn(C4CCc5c(F)cccc5NC4=O)nn3)cc2)cn1. The van der Waals surface area contributed by atoms with E-state index in [1.54, 1.807) is 29.3 Å². The Hall–Kier alpha value is -3.81. The fourth-order valence-corrected chi connectivity index (χ4v) is 3.74. The lowest BCUT2D eigenvalue weighted by Gasteiger charge is -2.12. The third kappa shape index (κ3) is 3.26. The predicted octanol–water partition coefficient (Wildman–Crippen LogP) is 3.70. The van der Waals surface area contributed by atoms with Gasteiger partial charge in [-0.25, -0.2) is 14.1 Å². The third-order valence-electron chi connectivity index (χ3n) is 5.35. The van der Waals surface area contributed by atoms with Gasteiger partial charge in [-0.05, 0) is 44.0 Å². The van der Waals surface area contributed by atoms with Gasteiger partial charge in [-0.2, -0.15) is 0 Å². The van der Waals surface area contributed by atoms with E-state index in [1.807, 2.05) is 42.0 Å². The summed E-state index contributed by atoms with van der Waals surface area (Å²) in [4.78, 5) is 16.9. The van der Waals surface area contributed by atoms with Crippen LogP contribution in [0.2, 0.25) is 0 Å². The summed E-state index contributed by atoms with van der Waals surface area (Å²) in [5.74, 6) is -0.525. The number of benzene rings is 2. The summed E-state index contributed by atoms with van der Waals surface area (Å²) in [5, 5.41) is 11.2. The van der Waals surface area contributed by atoms with Gasteiger partial charge in [0.1, 0.15) is 17.6 Å². The van der Waals surface area contributed by atoms with Crippen molar-refractivity contribution in [3.8, 4) is 16.9 Å². The minimum atomic E-state index is -0.550. The Labute approximate surface area is 172 Å². The van der Waals surface area contributed by atoms with E-state index in [9.17, 15) is 9.18 Å². The van der Waals surface area contributed by atoms with Crippen molar-refractivity contribution in [1.82, 2.24) is 24.5 Å². The molecule has 0 radical (unpaired) electrons. The van der Waals surface area contributed by atoms with Crippen LogP contribution in [0.15, 0.2) is 61.2 Å². The molecule has 0 bridgehead atoms. The van der Waals surface area contributed by atoms with E-state index >= 15 is 0 Å². The molecule has 0 fully saturated rings. The van der Waals surface area contributed by atoms with Crippen molar-refractivity contribution in [2.24, 2.45) is 0 Å². The summed E-state index contributed by atoms with van der Waals surface area (Å²) in [6.45, 7) is 1.94. The molecule has 1 atom stereocenters. The predicted molar refractivity (Wildman–Crippen MR) is 110 cm³/mol. The van der Waals surface area contributed by atoms with E-state index in [1.165, 1.54) is 6.07 Å². The molecule has 7 nitrogen and oxygen atoms in total. The van der Waals surface area contributed by atoms with Crippen LogP contribution < -0.4 is 5.32 Å². The van der Waals surface area contributed by atoms with Gasteiger partial charge >= 0.3 is 0 Å². The van der Waals surface area contributed by atoms with Gasteiger partial charge in [-0.1, -0.05) is 23.4 Å². The molecule has 1 unspecified atom stereocenters. The van der Waals surface area contributed by atoms with Crippen molar-refractivity contribution in [3.05, 3.63) is 78.3 Å². The zero-order valence-corrected chi connectivity index (χ0v) is 16.3. The topological polar surface area (TPSA) is 77.6 Å². The maximum absolute atomic E-state index is 14.1. The molecule has 1 N–H and O–H groups in total. The zero-order chi connectivity index (χ0) is 20.7. The molecule has 1 aliphatic heterocycles. The monoisotopic (exact) mass is 402 g/mol. The van der Waals surface area contributed by atoms with Gasteiger partial charge in [-0.15, -0.1) is 5.10 Å². The van der Waals surface area contributed by atoms with Gasteiger partial charge in [0.05, 0.1) is 18.2 Å². The summed E-state index contributed by atoms with van der Waals surface area (Å²) in [7, 11) is 0. The summed E-state index contributed by atoms with van der Waals surface area (Å²) in [6.07, 6.45) is 6.37. The highest BCUT2D eigenvalue weighted by Gasteiger charge is 2.27. The van der Waals surface area contributed by atoms with Gasteiger partial charge in [0.15, 0.2) is 0 Å². The van der Waals surface area contributed by atoms with Crippen LogP contribution in [0.3, 0.4) is 0 Å². The fraction of sp³-hybridized carbons (Fsp3) is 0.182. The maximum Gasteiger partial charge on any atom is 0.249 e. The number of hydrogen-bond acceptors (Lipinski definition) is 4. The largest absolute Gasteiger partial charge is 0.324 e. The standard InChI is InChI=1S/C22H19FN6O/c1-14-11-28(13-24-14)16-7-5-15(6-8-16)20-12-29(27-26-20)21-10-9-17-18(23)3-2-4-19(17)25-22(21)30/h2-8,11-13,21H,9-10H2,1H3,(H,25,30). The lowest BCUT2D eigenvalue weighted by Crippen LogP contribution is -2.25. The van der Waals surface area contributed by atoms with Gasteiger partial charge in [0.25, 0.3) is 0 Å². The van der Waals surface area contributed by atoms with E-state index in [0.29, 0.717) is 29.8 Å². The number of fused-ring (bicyclic) bond motifs is 1. The van der Waals surface area contributed by atoms with Crippen molar-refractivity contribution >= 4 is 11.6 Å². The number of rotatable bonds is 3. The van der Waals surface area contributed by atoms with Crippen LogP contribution in [0.4, 0.5) is 10.1 Å². The van der Waals surface area contributed by atoms with Gasteiger partial charge in [0.2, 0.25) is 5.91 Å². The molecular weight excluding hydrogens is 383 g/mol. The Bertz CT molecular complexity index is 1230. The number of amides is 1. The number of imidazole rings is 1. The molecular formula is C22H19FN6O. The molecule has 2 aromatic heterocycles. The first-order chi connectivity index (χ1) is 14.6. The van der Waals surface area contributed by atoms with E-state index < -0.39 is 6.04 Å². The van der Waals surface area contributed by atoms with Gasteiger partial charge < -0.3 is 9.88 Å². The summed E-state index contributed by atoms with van der Waals surface area (Å²) in [6, 6.07) is 12.0. The summed E-state index contributed by atoms with van der Waals surface area (Å²) < 4.78 is 17.6. The van der Waals surface area contributed by atoms with Crippen molar-refractivity contribution < 1.29 is 9.18 Å². The lowest BCUT2D eigenvalue weighted by molar-refractivity contribution is -0.119. The molecule has 2 aromatic carbocycles. The number of carbonyl (C=O) groups excluding carboxylic acids is 1. The highest BCUT2D eigenvalue weighted by atomic mass is 19.1. The maximum atomic E-state index is 14.1. The second-order valence-corrected chi connectivity index (χ2v) is 7.36. The van der Waals surface area contributed by atoms with Crippen LogP contribution in [0.5, 0.6) is 0 Å². The quantitative estimate of drug-likeness (QED) is 0.567. The Morgan fingerprint density at radius 3 is 2.73 bits per heavy atom. The normalized spacial score (nSPS) is 16.1. The molecule has 5 rings (SSSR count). The smallest absolute Gasteiger partial charge is 0.249 e. The third-order valence-corrected chi connectivity index (χ3v) is 5.35. The Morgan fingerprint density at radius 2 is 1.97 bits per heavy atom. The first kappa shape index (κ1) is 18.2. The van der Waals surface area contributed by atoms with Crippen molar-refractivity contribution in [3.63, 3.8) is 0 Å². The number of nitrogens with one attached hydrogen (secondary N) is 1. The van der Waals surface area contributed by atoms with Crippen molar-refractivity contribution in [2.45, 2.75) is 25.8 Å². The molecule has 8 heteroatoms. The van der Waals surface area contributed by atoms with Gasteiger partial charge in [0, 0.05) is 28.7 Å². The van der Waals surface area contributed by atoms with E-state index in [2.05, 4.69) is 20.6 Å². The highest BCUT2D eigenvalue weighted by molar-refractivity contribution is 5.95. The average molecular weight is 402 g/mol. The van der Waals surface area contributed by atoms with Crippen LogP contribution in [0, 0.1) is 12.7 Å². The second kappa shape index (κ2) is 7.22. The van der Waals surface area contributed by atoms with Crippen molar-refractivity contribution in [1.29, 1.82) is 0 Å². The number of hydrogen-bond donors (Lipinski definition) is 1.